The van der Waals surface area contributed by atoms with Crippen molar-refractivity contribution in [2.75, 3.05) is 5.32 Å². The molecular weight excluding hydrogens is 310 g/mol. The van der Waals surface area contributed by atoms with Crippen molar-refractivity contribution in [3.63, 3.8) is 0 Å². The Balaban J connectivity index is 3.11. The summed E-state index contributed by atoms with van der Waals surface area (Å²) in [7, 11) is 0. The average Bonchev–Trinajstić information content (AvgIpc) is 2.18. The second-order valence-corrected chi connectivity index (χ2v) is 3.95. The Morgan fingerprint density at radius 2 is 2.00 bits per heavy atom. The van der Waals surface area contributed by atoms with E-state index < -0.39 is 29.7 Å². The number of aliphatic carboxylic acids is 1. The van der Waals surface area contributed by atoms with Crippen molar-refractivity contribution in [3.8, 4) is 0 Å². The fraction of sp³-hybridized carbons (Fsp3) is 0.222. The second kappa shape index (κ2) is 4.91. The number of hydrogen-bond donors (Lipinski definition) is 2. The highest BCUT2D eigenvalue weighted by Crippen LogP contribution is 2.36. The van der Waals surface area contributed by atoms with Gasteiger partial charge in [-0.1, -0.05) is 15.9 Å². The van der Waals surface area contributed by atoms with E-state index in [0.717, 1.165) is 12.1 Å². The first-order valence-electron chi connectivity index (χ1n) is 4.22. The minimum Gasteiger partial charge on any atom is -0.478 e. The molecule has 3 nitrogen and oxygen atoms in total. The van der Waals surface area contributed by atoms with Gasteiger partial charge in [0.15, 0.2) is 0 Å². The van der Waals surface area contributed by atoms with Crippen LogP contribution in [-0.4, -0.2) is 17.4 Å². The van der Waals surface area contributed by atoms with Crippen LogP contribution in [0.15, 0.2) is 22.7 Å². The van der Waals surface area contributed by atoms with Gasteiger partial charge in [-0.15, -0.1) is 0 Å². The third-order valence-electron chi connectivity index (χ3n) is 1.79. The predicted octanol–water partition coefficient (Wildman–Crippen LogP) is 3.26. The lowest BCUT2D eigenvalue weighted by atomic mass is 10.1. The van der Waals surface area contributed by atoms with Gasteiger partial charge in [0.1, 0.15) is 0 Å². The van der Waals surface area contributed by atoms with Crippen molar-refractivity contribution in [2.45, 2.75) is 12.5 Å². The highest BCUT2D eigenvalue weighted by atomic mass is 79.9. The van der Waals surface area contributed by atoms with Gasteiger partial charge in [-0.2, -0.15) is 13.2 Å². The molecule has 8 heteroatoms. The Morgan fingerprint density at radius 3 is 2.47 bits per heavy atom. The molecule has 0 aliphatic carbocycles. The maximum Gasteiger partial charge on any atom is 0.418 e. The number of halogens is 5. The van der Waals surface area contributed by atoms with Crippen LogP contribution >= 0.6 is 15.9 Å². The summed E-state index contributed by atoms with van der Waals surface area (Å²) >= 11 is 2.85. The summed E-state index contributed by atoms with van der Waals surface area (Å²) in [5.74, 6) is -1.89. The molecule has 2 N–H and O–H groups in total. The number of carboxylic acid groups (broad SMARTS) is 1. The molecule has 0 bridgehead atoms. The first kappa shape index (κ1) is 13.8. The number of carboxylic acids is 1. The molecule has 0 spiro atoms. The van der Waals surface area contributed by atoms with E-state index >= 15 is 0 Å². The van der Waals surface area contributed by atoms with Crippen LogP contribution in [0.25, 0.3) is 0 Å². The Morgan fingerprint density at radius 1 is 1.41 bits per heavy atom. The van der Waals surface area contributed by atoms with Gasteiger partial charge in [-0.25, -0.2) is 9.18 Å². The second-order valence-electron chi connectivity index (χ2n) is 3.03. The van der Waals surface area contributed by atoms with E-state index in [-0.39, 0.29) is 4.47 Å². The SMILES string of the molecule is O=C(O)C(F)Nc1ccc(Br)cc1C(F)(F)F. The van der Waals surface area contributed by atoms with Crippen LogP contribution in [0.5, 0.6) is 0 Å². The molecule has 0 heterocycles. The molecule has 1 rings (SSSR count). The Hall–Kier alpha value is -1.31. The highest BCUT2D eigenvalue weighted by molar-refractivity contribution is 9.10. The summed E-state index contributed by atoms with van der Waals surface area (Å²) in [6, 6.07) is 2.92. The molecule has 1 aromatic rings. The van der Waals surface area contributed by atoms with E-state index in [1.165, 1.54) is 6.07 Å². The van der Waals surface area contributed by atoms with E-state index in [1.54, 1.807) is 5.32 Å². The van der Waals surface area contributed by atoms with E-state index in [2.05, 4.69) is 15.9 Å². The standard InChI is InChI=1S/C9H6BrF4NO2/c10-4-1-2-6(15-7(11)8(16)17)5(3-4)9(12,13)14/h1-3,7,15H,(H,16,17). The van der Waals surface area contributed by atoms with Crippen LogP contribution < -0.4 is 5.32 Å². The van der Waals surface area contributed by atoms with Gasteiger partial charge in [0, 0.05) is 10.2 Å². The molecule has 17 heavy (non-hydrogen) atoms. The summed E-state index contributed by atoms with van der Waals surface area (Å²) in [4.78, 5) is 10.2. The van der Waals surface area contributed by atoms with Crippen molar-refractivity contribution in [1.29, 1.82) is 0 Å². The predicted molar refractivity (Wildman–Crippen MR) is 55.3 cm³/mol. The lowest BCUT2D eigenvalue weighted by Crippen LogP contribution is -2.25. The Bertz CT molecular complexity index is 435. The summed E-state index contributed by atoms with van der Waals surface area (Å²) < 4.78 is 50.6. The fourth-order valence-corrected chi connectivity index (χ4v) is 1.44. The van der Waals surface area contributed by atoms with E-state index in [0.29, 0.717) is 0 Å². The van der Waals surface area contributed by atoms with Crippen molar-refractivity contribution in [1.82, 2.24) is 0 Å². The number of benzene rings is 1. The summed E-state index contributed by atoms with van der Waals surface area (Å²) in [6.07, 6.45) is -7.30. The lowest BCUT2D eigenvalue weighted by Gasteiger charge is -2.15. The molecule has 0 amide bonds. The van der Waals surface area contributed by atoms with E-state index in [1.807, 2.05) is 0 Å². The van der Waals surface area contributed by atoms with Crippen molar-refractivity contribution in [3.05, 3.63) is 28.2 Å². The molecule has 94 valence electrons. The summed E-state index contributed by atoms with van der Waals surface area (Å²) in [5, 5.41) is 9.90. The minimum atomic E-state index is -4.70. The molecule has 0 fully saturated rings. The van der Waals surface area contributed by atoms with Gasteiger partial charge in [-0.05, 0) is 18.2 Å². The maximum absolute atomic E-state index is 12.8. The summed E-state index contributed by atoms with van der Waals surface area (Å²) in [6.45, 7) is 0. The van der Waals surface area contributed by atoms with Gasteiger partial charge < -0.3 is 10.4 Å². The molecule has 0 radical (unpaired) electrons. The number of anilines is 1. The monoisotopic (exact) mass is 315 g/mol. The molecule has 0 aromatic heterocycles. The van der Waals surface area contributed by atoms with Gasteiger partial charge in [0.25, 0.3) is 6.30 Å². The fourth-order valence-electron chi connectivity index (χ4n) is 1.08. The zero-order valence-corrected chi connectivity index (χ0v) is 9.64. The largest absolute Gasteiger partial charge is 0.478 e. The average molecular weight is 316 g/mol. The summed E-state index contributed by atoms with van der Waals surface area (Å²) in [5.41, 5.74) is -1.77. The van der Waals surface area contributed by atoms with Crippen LogP contribution in [0.3, 0.4) is 0 Å². The minimum absolute atomic E-state index is 0.154. The van der Waals surface area contributed by atoms with Gasteiger partial charge in [-0.3, -0.25) is 0 Å². The number of carbonyl (C=O) groups is 1. The quantitative estimate of drug-likeness (QED) is 0.665. The number of hydrogen-bond acceptors (Lipinski definition) is 2. The molecular formula is C9H6BrF4NO2. The van der Waals surface area contributed by atoms with Gasteiger partial charge >= 0.3 is 12.1 Å². The van der Waals surface area contributed by atoms with Crippen LogP contribution in [0.2, 0.25) is 0 Å². The smallest absolute Gasteiger partial charge is 0.418 e. The first-order chi connectivity index (χ1) is 7.71. The van der Waals surface area contributed by atoms with Crippen LogP contribution in [0.1, 0.15) is 5.56 Å². The lowest BCUT2D eigenvalue weighted by molar-refractivity contribution is -0.142. The van der Waals surface area contributed by atoms with Crippen molar-refractivity contribution < 1.29 is 27.5 Å². The third-order valence-corrected chi connectivity index (χ3v) is 2.28. The molecule has 1 aromatic carbocycles. The van der Waals surface area contributed by atoms with Crippen molar-refractivity contribution in [2.24, 2.45) is 0 Å². The van der Waals surface area contributed by atoms with Crippen LogP contribution in [-0.2, 0) is 11.0 Å². The van der Waals surface area contributed by atoms with Crippen LogP contribution in [0, 0.1) is 0 Å². The van der Waals surface area contributed by atoms with Gasteiger partial charge in [0.2, 0.25) is 0 Å². The first-order valence-corrected chi connectivity index (χ1v) is 5.01. The van der Waals surface area contributed by atoms with E-state index in [4.69, 9.17) is 5.11 Å². The number of nitrogens with one attached hydrogen (secondary N) is 1. The highest BCUT2D eigenvalue weighted by Gasteiger charge is 2.34. The Labute approximate surface area is 102 Å². The van der Waals surface area contributed by atoms with E-state index in [9.17, 15) is 22.4 Å². The Kier molecular flexibility index (Phi) is 3.97. The number of rotatable bonds is 3. The molecule has 0 saturated heterocycles. The van der Waals surface area contributed by atoms with Crippen molar-refractivity contribution >= 4 is 27.6 Å². The molecule has 1 atom stereocenters. The molecule has 0 aliphatic rings. The zero-order chi connectivity index (χ0) is 13.2. The topological polar surface area (TPSA) is 49.3 Å². The number of alkyl halides is 4. The molecule has 1 unspecified atom stereocenters. The molecule has 0 aliphatic heterocycles. The molecule has 0 saturated carbocycles. The zero-order valence-electron chi connectivity index (χ0n) is 8.05. The van der Waals surface area contributed by atoms with Gasteiger partial charge in [0.05, 0.1) is 5.56 Å². The maximum atomic E-state index is 12.8. The van der Waals surface area contributed by atoms with Crippen LogP contribution in [0.4, 0.5) is 23.2 Å². The third kappa shape index (κ3) is 3.58. The normalized spacial score (nSPS) is 13.2.